The lowest BCUT2D eigenvalue weighted by Crippen LogP contribution is -2.50. The van der Waals surface area contributed by atoms with Gasteiger partial charge in [-0.1, -0.05) is 41.6 Å². The van der Waals surface area contributed by atoms with Crippen LogP contribution in [0.2, 0.25) is 0 Å². The van der Waals surface area contributed by atoms with Crippen molar-refractivity contribution in [2.75, 3.05) is 44.8 Å². The summed E-state index contributed by atoms with van der Waals surface area (Å²) in [4.78, 5) is 21.4. The molecule has 0 N–H and O–H groups in total. The fourth-order valence-electron chi connectivity index (χ4n) is 4.05. The van der Waals surface area contributed by atoms with E-state index in [1.54, 1.807) is 19.2 Å². The number of anilines is 1. The van der Waals surface area contributed by atoms with Crippen LogP contribution in [0.25, 0.3) is 22.8 Å². The molecule has 2 heterocycles. The van der Waals surface area contributed by atoms with E-state index >= 15 is 0 Å². The van der Waals surface area contributed by atoms with Crippen molar-refractivity contribution in [1.29, 1.82) is 0 Å². The first kappa shape index (κ1) is 22.5. The molecule has 0 aliphatic carbocycles. The molecule has 1 saturated heterocycles. The van der Waals surface area contributed by atoms with E-state index in [9.17, 15) is 4.79 Å². The van der Waals surface area contributed by atoms with E-state index in [-0.39, 0.29) is 12.5 Å². The summed E-state index contributed by atoms with van der Waals surface area (Å²) >= 11 is 0. The fourth-order valence-corrected chi connectivity index (χ4v) is 4.05. The highest BCUT2D eigenvalue weighted by Crippen LogP contribution is 2.32. The monoisotopic (exact) mass is 470 g/mol. The minimum Gasteiger partial charge on any atom is -0.493 e. The maximum atomic E-state index is 12.7. The minimum atomic E-state index is -0.0542. The van der Waals surface area contributed by atoms with E-state index in [0.29, 0.717) is 36.3 Å². The second-order valence-corrected chi connectivity index (χ2v) is 8.15. The maximum absolute atomic E-state index is 12.7. The van der Waals surface area contributed by atoms with E-state index in [0.717, 1.165) is 24.2 Å². The van der Waals surface area contributed by atoms with Gasteiger partial charge in [-0.15, -0.1) is 0 Å². The lowest BCUT2D eigenvalue weighted by molar-refractivity contribution is -0.133. The predicted molar refractivity (Wildman–Crippen MR) is 132 cm³/mol. The number of carbonyl (C=O) groups is 1. The number of benzene rings is 3. The Morgan fingerprint density at radius 2 is 1.60 bits per heavy atom. The Bertz CT molecular complexity index is 1270. The topological polar surface area (TPSA) is 80.9 Å². The van der Waals surface area contributed by atoms with Crippen LogP contribution in [-0.2, 0) is 4.79 Å². The van der Waals surface area contributed by atoms with Crippen LogP contribution in [0, 0.1) is 0 Å². The van der Waals surface area contributed by atoms with Crippen LogP contribution in [0.5, 0.6) is 11.5 Å². The number of aromatic nitrogens is 2. The number of para-hydroxylation sites is 1. The number of ether oxygens (including phenoxy) is 2. The molecule has 1 aliphatic rings. The molecule has 1 aromatic heterocycles. The van der Waals surface area contributed by atoms with E-state index in [2.05, 4.69) is 27.2 Å². The van der Waals surface area contributed by atoms with Gasteiger partial charge in [0, 0.05) is 43.0 Å². The smallest absolute Gasteiger partial charge is 0.260 e. The van der Waals surface area contributed by atoms with Crippen LogP contribution in [0.1, 0.15) is 0 Å². The molecule has 178 valence electrons. The molecular weight excluding hydrogens is 444 g/mol. The summed E-state index contributed by atoms with van der Waals surface area (Å²) in [5, 5.41) is 4.08. The average Bonchev–Trinajstić information content (AvgIpc) is 3.43. The molecule has 8 nitrogen and oxygen atoms in total. The first-order valence-electron chi connectivity index (χ1n) is 11.5. The highest BCUT2D eigenvalue weighted by molar-refractivity contribution is 5.78. The molecule has 1 aliphatic heterocycles. The Labute approximate surface area is 203 Å². The van der Waals surface area contributed by atoms with Crippen molar-refractivity contribution in [1.82, 2.24) is 15.0 Å². The van der Waals surface area contributed by atoms with E-state index in [1.165, 1.54) is 5.69 Å². The molecule has 1 fully saturated rings. The zero-order valence-electron chi connectivity index (χ0n) is 19.5. The van der Waals surface area contributed by atoms with Gasteiger partial charge in [0.2, 0.25) is 5.82 Å². The number of hydrogen-bond donors (Lipinski definition) is 0. The Kier molecular flexibility index (Phi) is 6.61. The number of carbonyl (C=O) groups excluding carboxylic acids is 1. The second-order valence-electron chi connectivity index (χ2n) is 8.15. The third-order valence-corrected chi connectivity index (χ3v) is 5.97. The lowest BCUT2D eigenvalue weighted by Gasteiger charge is -2.36. The SMILES string of the molecule is COc1cc(-c2noc(-c3ccccc3)n2)ccc1OCC(=O)N1CCN(c2ccccc2)CC1. The molecule has 0 bridgehead atoms. The first-order valence-corrected chi connectivity index (χ1v) is 11.5. The quantitative estimate of drug-likeness (QED) is 0.402. The minimum absolute atomic E-state index is 0.0467. The van der Waals surface area contributed by atoms with Crippen molar-refractivity contribution in [3.63, 3.8) is 0 Å². The van der Waals surface area contributed by atoms with Crippen LogP contribution in [0.3, 0.4) is 0 Å². The Morgan fingerprint density at radius 1 is 0.886 bits per heavy atom. The molecule has 8 heteroatoms. The zero-order valence-corrected chi connectivity index (χ0v) is 19.5. The van der Waals surface area contributed by atoms with E-state index in [1.807, 2.05) is 59.5 Å². The molecule has 4 aromatic rings. The van der Waals surface area contributed by atoms with Crippen LogP contribution in [0.15, 0.2) is 83.4 Å². The van der Waals surface area contributed by atoms with E-state index < -0.39 is 0 Å². The Hall–Kier alpha value is -4.33. The summed E-state index contributed by atoms with van der Waals surface area (Å²) < 4.78 is 16.7. The van der Waals surface area contributed by atoms with Gasteiger partial charge in [0.05, 0.1) is 7.11 Å². The number of nitrogens with zero attached hydrogens (tertiary/aromatic N) is 4. The van der Waals surface area contributed by atoms with Crippen LogP contribution in [0.4, 0.5) is 5.69 Å². The molecule has 0 unspecified atom stereocenters. The number of amides is 1. The van der Waals surface area contributed by atoms with Gasteiger partial charge in [-0.3, -0.25) is 4.79 Å². The summed E-state index contributed by atoms with van der Waals surface area (Å²) in [6.07, 6.45) is 0. The molecule has 0 saturated carbocycles. The number of methoxy groups -OCH3 is 1. The highest BCUT2D eigenvalue weighted by Gasteiger charge is 2.22. The normalized spacial score (nSPS) is 13.5. The molecule has 5 rings (SSSR count). The molecule has 0 radical (unpaired) electrons. The van der Waals surface area contributed by atoms with Crippen molar-refractivity contribution in [3.05, 3.63) is 78.9 Å². The van der Waals surface area contributed by atoms with Crippen LogP contribution < -0.4 is 14.4 Å². The van der Waals surface area contributed by atoms with Crippen molar-refractivity contribution in [3.8, 4) is 34.3 Å². The predicted octanol–water partition coefficient (Wildman–Crippen LogP) is 4.14. The molecule has 0 atom stereocenters. The average molecular weight is 471 g/mol. The third-order valence-electron chi connectivity index (χ3n) is 5.97. The number of hydrogen-bond acceptors (Lipinski definition) is 7. The van der Waals surface area contributed by atoms with Gasteiger partial charge < -0.3 is 23.8 Å². The van der Waals surface area contributed by atoms with Gasteiger partial charge >= 0.3 is 0 Å². The summed E-state index contributed by atoms with van der Waals surface area (Å²) in [6, 6.07) is 25.2. The summed E-state index contributed by atoms with van der Waals surface area (Å²) in [5.41, 5.74) is 2.75. The van der Waals surface area contributed by atoms with Gasteiger partial charge in [-0.25, -0.2) is 0 Å². The Morgan fingerprint density at radius 3 is 2.31 bits per heavy atom. The standard InChI is InChI=1S/C27H26N4O4/c1-33-24-18-21(26-28-27(35-29-26)20-8-4-2-5-9-20)12-13-23(24)34-19-25(32)31-16-14-30(15-17-31)22-10-6-3-7-11-22/h2-13,18H,14-17,19H2,1H3. The second kappa shape index (κ2) is 10.3. The van der Waals surface area contributed by atoms with Crippen molar-refractivity contribution in [2.45, 2.75) is 0 Å². The summed E-state index contributed by atoms with van der Waals surface area (Å²) in [7, 11) is 1.56. The highest BCUT2D eigenvalue weighted by atomic mass is 16.5. The van der Waals surface area contributed by atoms with Gasteiger partial charge in [0.15, 0.2) is 18.1 Å². The van der Waals surface area contributed by atoms with Gasteiger partial charge in [0.25, 0.3) is 11.8 Å². The van der Waals surface area contributed by atoms with E-state index in [4.69, 9.17) is 14.0 Å². The third kappa shape index (κ3) is 5.11. The largest absolute Gasteiger partial charge is 0.493 e. The summed E-state index contributed by atoms with van der Waals surface area (Å²) in [5.74, 6) is 1.82. The van der Waals surface area contributed by atoms with Gasteiger partial charge in [0.1, 0.15) is 0 Å². The lowest BCUT2D eigenvalue weighted by atomic mass is 10.2. The molecule has 35 heavy (non-hydrogen) atoms. The van der Waals surface area contributed by atoms with Crippen LogP contribution >= 0.6 is 0 Å². The molecule has 0 spiro atoms. The zero-order chi connectivity index (χ0) is 24.0. The van der Waals surface area contributed by atoms with Gasteiger partial charge in [-0.2, -0.15) is 4.98 Å². The van der Waals surface area contributed by atoms with Crippen molar-refractivity contribution in [2.24, 2.45) is 0 Å². The summed E-state index contributed by atoms with van der Waals surface area (Å²) in [6.45, 7) is 2.86. The maximum Gasteiger partial charge on any atom is 0.260 e. The number of piperazine rings is 1. The molecule has 3 aromatic carbocycles. The van der Waals surface area contributed by atoms with Crippen LogP contribution in [-0.4, -0.2) is 60.8 Å². The first-order chi connectivity index (χ1) is 17.2. The van der Waals surface area contributed by atoms with Crippen molar-refractivity contribution < 1.29 is 18.8 Å². The molecular formula is C27H26N4O4. The molecule has 1 amide bonds. The Balaban J connectivity index is 1.20. The van der Waals surface area contributed by atoms with Crippen molar-refractivity contribution >= 4 is 11.6 Å². The number of rotatable bonds is 7. The fraction of sp³-hybridized carbons (Fsp3) is 0.222. The van der Waals surface area contributed by atoms with Gasteiger partial charge in [-0.05, 0) is 42.5 Å².